The summed E-state index contributed by atoms with van der Waals surface area (Å²) in [5, 5.41) is 2.77. The number of nitrogens with two attached hydrogens (primary N) is 1. The van der Waals surface area contributed by atoms with E-state index < -0.39 is 0 Å². The van der Waals surface area contributed by atoms with Gasteiger partial charge in [-0.2, -0.15) is 0 Å². The number of ether oxygens (including phenoxy) is 2. The van der Waals surface area contributed by atoms with Crippen LogP contribution in [0.1, 0.15) is 17.3 Å². The van der Waals surface area contributed by atoms with Gasteiger partial charge in [0.25, 0.3) is 5.91 Å². The highest BCUT2D eigenvalue weighted by Gasteiger charge is 2.12. The van der Waals surface area contributed by atoms with E-state index in [4.69, 9.17) is 15.2 Å². The Hall–Kier alpha value is -1.75. The zero-order valence-corrected chi connectivity index (χ0v) is 10.3. The summed E-state index contributed by atoms with van der Waals surface area (Å²) in [6, 6.07) is 4.95. The van der Waals surface area contributed by atoms with E-state index in [1.165, 1.54) is 7.11 Å². The molecule has 1 atom stereocenters. The Bertz CT molecular complexity index is 393. The number of methoxy groups -OCH3 is 2. The van der Waals surface area contributed by atoms with Gasteiger partial charge in [-0.05, 0) is 25.1 Å². The van der Waals surface area contributed by atoms with Crippen LogP contribution in [-0.2, 0) is 0 Å². The maximum absolute atomic E-state index is 11.8. The van der Waals surface area contributed by atoms with E-state index >= 15 is 0 Å². The second-order valence-corrected chi connectivity index (χ2v) is 3.68. The molecule has 0 saturated carbocycles. The molecule has 0 saturated heterocycles. The number of nitrogens with one attached hydrogen (secondary N) is 1. The fourth-order valence-corrected chi connectivity index (χ4v) is 1.34. The summed E-state index contributed by atoms with van der Waals surface area (Å²) in [7, 11) is 3.08. The van der Waals surface area contributed by atoms with E-state index in [2.05, 4.69) is 5.32 Å². The summed E-state index contributed by atoms with van der Waals surface area (Å²) in [4.78, 5) is 11.8. The lowest BCUT2D eigenvalue weighted by Crippen LogP contribution is -2.37. The van der Waals surface area contributed by atoms with Gasteiger partial charge in [0.2, 0.25) is 0 Å². The molecule has 17 heavy (non-hydrogen) atoms. The van der Waals surface area contributed by atoms with Crippen molar-refractivity contribution < 1.29 is 14.3 Å². The van der Waals surface area contributed by atoms with Gasteiger partial charge in [0, 0.05) is 18.2 Å². The SMILES string of the molecule is COc1ccc(C(=O)N[C@@H](C)CN)cc1OC. The van der Waals surface area contributed by atoms with Crippen LogP contribution in [0.25, 0.3) is 0 Å². The first kappa shape index (κ1) is 13.3. The molecule has 1 aromatic rings. The van der Waals surface area contributed by atoms with Gasteiger partial charge in [0.15, 0.2) is 11.5 Å². The molecule has 0 aromatic heterocycles. The number of hydrogen-bond acceptors (Lipinski definition) is 4. The van der Waals surface area contributed by atoms with E-state index in [-0.39, 0.29) is 11.9 Å². The molecule has 1 amide bonds. The van der Waals surface area contributed by atoms with Crippen LogP contribution in [0, 0.1) is 0 Å². The molecular weight excluding hydrogens is 220 g/mol. The van der Waals surface area contributed by atoms with Crippen LogP contribution in [0.4, 0.5) is 0 Å². The van der Waals surface area contributed by atoms with Crippen molar-refractivity contribution in [3.8, 4) is 11.5 Å². The molecule has 0 spiro atoms. The van der Waals surface area contributed by atoms with Gasteiger partial charge >= 0.3 is 0 Å². The average molecular weight is 238 g/mol. The Morgan fingerprint density at radius 1 is 1.35 bits per heavy atom. The van der Waals surface area contributed by atoms with Gasteiger partial charge in [-0.15, -0.1) is 0 Å². The maximum atomic E-state index is 11.8. The highest BCUT2D eigenvalue weighted by atomic mass is 16.5. The lowest BCUT2D eigenvalue weighted by molar-refractivity contribution is 0.0941. The Balaban J connectivity index is 2.88. The number of rotatable bonds is 5. The molecule has 0 bridgehead atoms. The first-order chi connectivity index (χ1) is 8.12. The zero-order chi connectivity index (χ0) is 12.8. The fraction of sp³-hybridized carbons (Fsp3) is 0.417. The standard InChI is InChI=1S/C12H18N2O3/c1-8(7-13)14-12(15)9-4-5-10(16-2)11(6-9)17-3/h4-6,8H,7,13H2,1-3H3,(H,14,15)/t8-/m0/s1. The van der Waals surface area contributed by atoms with Crippen LogP contribution in [0.2, 0.25) is 0 Å². The molecule has 5 heteroatoms. The van der Waals surface area contributed by atoms with Gasteiger partial charge in [-0.3, -0.25) is 4.79 Å². The Labute approximate surface area is 101 Å². The highest BCUT2D eigenvalue weighted by Crippen LogP contribution is 2.27. The van der Waals surface area contributed by atoms with Crippen LogP contribution in [0.3, 0.4) is 0 Å². The third-order valence-corrected chi connectivity index (χ3v) is 2.38. The molecule has 94 valence electrons. The predicted octanol–water partition coefficient (Wildman–Crippen LogP) is 0.781. The highest BCUT2D eigenvalue weighted by molar-refractivity contribution is 5.95. The summed E-state index contributed by atoms with van der Waals surface area (Å²) in [6.07, 6.45) is 0. The lowest BCUT2D eigenvalue weighted by atomic mass is 10.1. The number of benzene rings is 1. The van der Waals surface area contributed by atoms with E-state index in [1.54, 1.807) is 25.3 Å². The fourth-order valence-electron chi connectivity index (χ4n) is 1.34. The Kier molecular flexibility index (Phi) is 4.78. The van der Waals surface area contributed by atoms with Crippen LogP contribution in [0.5, 0.6) is 11.5 Å². The minimum Gasteiger partial charge on any atom is -0.493 e. The van der Waals surface area contributed by atoms with Gasteiger partial charge < -0.3 is 20.5 Å². The van der Waals surface area contributed by atoms with Crippen molar-refractivity contribution in [3.63, 3.8) is 0 Å². The smallest absolute Gasteiger partial charge is 0.251 e. The Morgan fingerprint density at radius 3 is 2.53 bits per heavy atom. The van der Waals surface area contributed by atoms with Crippen LogP contribution in [-0.4, -0.2) is 32.7 Å². The van der Waals surface area contributed by atoms with Gasteiger partial charge in [-0.1, -0.05) is 0 Å². The second-order valence-electron chi connectivity index (χ2n) is 3.68. The summed E-state index contributed by atoms with van der Waals surface area (Å²) >= 11 is 0. The largest absolute Gasteiger partial charge is 0.493 e. The Morgan fingerprint density at radius 2 is 2.00 bits per heavy atom. The molecule has 0 unspecified atom stereocenters. The molecule has 0 fully saturated rings. The van der Waals surface area contributed by atoms with Gasteiger partial charge in [0.05, 0.1) is 14.2 Å². The van der Waals surface area contributed by atoms with Crippen molar-refractivity contribution in [2.45, 2.75) is 13.0 Å². The average Bonchev–Trinajstić information content (AvgIpc) is 2.37. The molecule has 1 aromatic carbocycles. The van der Waals surface area contributed by atoms with E-state index in [0.29, 0.717) is 23.6 Å². The van der Waals surface area contributed by atoms with Crippen LogP contribution >= 0.6 is 0 Å². The number of carbonyl (C=O) groups excluding carboxylic acids is 1. The quantitative estimate of drug-likeness (QED) is 0.795. The van der Waals surface area contributed by atoms with Crippen molar-refractivity contribution in [1.82, 2.24) is 5.32 Å². The molecule has 0 aliphatic rings. The normalized spacial score (nSPS) is 11.8. The molecule has 3 N–H and O–H groups in total. The van der Waals surface area contributed by atoms with Gasteiger partial charge in [-0.25, -0.2) is 0 Å². The molecule has 0 aliphatic heterocycles. The third-order valence-electron chi connectivity index (χ3n) is 2.38. The van der Waals surface area contributed by atoms with Crippen LogP contribution in [0.15, 0.2) is 18.2 Å². The first-order valence-electron chi connectivity index (χ1n) is 5.35. The van der Waals surface area contributed by atoms with Crippen molar-refractivity contribution in [2.75, 3.05) is 20.8 Å². The third kappa shape index (κ3) is 3.35. The molecule has 0 aliphatic carbocycles. The summed E-state index contributed by atoms with van der Waals surface area (Å²) in [5.41, 5.74) is 5.96. The van der Waals surface area contributed by atoms with Crippen molar-refractivity contribution in [3.05, 3.63) is 23.8 Å². The molecule has 1 rings (SSSR count). The molecule has 5 nitrogen and oxygen atoms in total. The second kappa shape index (κ2) is 6.10. The minimum absolute atomic E-state index is 0.0596. The van der Waals surface area contributed by atoms with E-state index in [0.717, 1.165) is 0 Å². The monoisotopic (exact) mass is 238 g/mol. The first-order valence-corrected chi connectivity index (χ1v) is 5.35. The maximum Gasteiger partial charge on any atom is 0.251 e. The summed E-state index contributed by atoms with van der Waals surface area (Å²) in [5.74, 6) is 0.945. The van der Waals surface area contributed by atoms with Crippen molar-refractivity contribution in [1.29, 1.82) is 0 Å². The van der Waals surface area contributed by atoms with Crippen LogP contribution < -0.4 is 20.5 Å². The summed E-state index contributed by atoms with van der Waals surface area (Å²) < 4.78 is 10.2. The van der Waals surface area contributed by atoms with Crippen molar-refractivity contribution >= 4 is 5.91 Å². The number of carbonyl (C=O) groups is 1. The van der Waals surface area contributed by atoms with Gasteiger partial charge in [0.1, 0.15) is 0 Å². The van der Waals surface area contributed by atoms with E-state index in [9.17, 15) is 4.79 Å². The predicted molar refractivity (Wildman–Crippen MR) is 65.5 cm³/mol. The molecule has 0 heterocycles. The van der Waals surface area contributed by atoms with Crippen molar-refractivity contribution in [2.24, 2.45) is 5.73 Å². The number of hydrogen-bond donors (Lipinski definition) is 2. The summed E-state index contributed by atoms with van der Waals surface area (Å²) in [6.45, 7) is 2.25. The van der Waals surface area contributed by atoms with E-state index in [1.807, 2.05) is 6.92 Å². The lowest BCUT2D eigenvalue weighted by Gasteiger charge is -2.13. The number of amides is 1. The molecule has 0 radical (unpaired) electrons. The molecular formula is C12H18N2O3. The zero-order valence-electron chi connectivity index (χ0n) is 10.3. The minimum atomic E-state index is -0.177. The topological polar surface area (TPSA) is 73.6 Å².